The number of para-hydroxylation sites is 1. The molecule has 0 spiro atoms. The maximum atomic E-state index is 5.41. The molecule has 88 valence electrons. The minimum Gasteiger partial charge on any atom is -0.495 e. The van der Waals surface area contributed by atoms with E-state index in [4.69, 9.17) is 4.74 Å². The summed E-state index contributed by atoms with van der Waals surface area (Å²) in [5.74, 6) is 0.964. The molecule has 2 heteroatoms. The molecule has 2 nitrogen and oxygen atoms in total. The summed E-state index contributed by atoms with van der Waals surface area (Å²) >= 11 is 0. The Morgan fingerprint density at radius 2 is 2.06 bits per heavy atom. The van der Waals surface area contributed by atoms with E-state index in [2.05, 4.69) is 38.2 Å². The number of rotatable bonds is 1. The molecule has 0 radical (unpaired) electrons. The fourth-order valence-electron chi connectivity index (χ4n) is 2.31. The fourth-order valence-corrected chi connectivity index (χ4v) is 2.31. The normalized spacial score (nSPS) is 19.9. The lowest BCUT2D eigenvalue weighted by Gasteiger charge is -2.37. The standard InChI is InChI=1S/C14H21NO/c1-14(2,3)12-9-8-10-6-5-7-11(16-4)13(10)15-12/h5-7,12,15H,8-9H2,1-4H3. The number of nitrogens with one attached hydrogen (secondary N) is 1. The lowest BCUT2D eigenvalue weighted by molar-refractivity contribution is 0.318. The summed E-state index contributed by atoms with van der Waals surface area (Å²) < 4.78 is 5.41. The predicted molar refractivity (Wildman–Crippen MR) is 68.2 cm³/mol. The average Bonchev–Trinajstić information content (AvgIpc) is 2.26. The molecule has 1 heterocycles. The van der Waals surface area contributed by atoms with Gasteiger partial charge in [-0.2, -0.15) is 0 Å². The summed E-state index contributed by atoms with van der Waals surface area (Å²) in [6, 6.07) is 6.80. The third-order valence-corrected chi connectivity index (χ3v) is 3.40. The Hall–Kier alpha value is -1.18. The van der Waals surface area contributed by atoms with E-state index in [1.54, 1.807) is 7.11 Å². The quantitative estimate of drug-likeness (QED) is 0.781. The van der Waals surface area contributed by atoms with E-state index in [9.17, 15) is 0 Å². The van der Waals surface area contributed by atoms with E-state index in [-0.39, 0.29) is 0 Å². The van der Waals surface area contributed by atoms with Crippen molar-refractivity contribution in [2.24, 2.45) is 5.41 Å². The second kappa shape index (κ2) is 4.00. The summed E-state index contributed by atoms with van der Waals surface area (Å²) in [6.45, 7) is 6.85. The van der Waals surface area contributed by atoms with Crippen LogP contribution in [0.4, 0.5) is 5.69 Å². The lowest BCUT2D eigenvalue weighted by atomic mass is 9.81. The van der Waals surface area contributed by atoms with Gasteiger partial charge in [-0.1, -0.05) is 32.9 Å². The van der Waals surface area contributed by atoms with Crippen molar-refractivity contribution in [3.8, 4) is 5.75 Å². The maximum absolute atomic E-state index is 5.41. The predicted octanol–water partition coefficient (Wildman–Crippen LogP) is 3.47. The van der Waals surface area contributed by atoms with Crippen molar-refractivity contribution >= 4 is 5.69 Å². The van der Waals surface area contributed by atoms with Gasteiger partial charge in [0.25, 0.3) is 0 Å². The van der Waals surface area contributed by atoms with Crippen molar-refractivity contribution in [2.45, 2.75) is 39.7 Å². The molecule has 1 aliphatic rings. The van der Waals surface area contributed by atoms with Crippen molar-refractivity contribution in [2.75, 3.05) is 12.4 Å². The van der Waals surface area contributed by atoms with Gasteiger partial charge in [-0.15, -0.1) is 0 Å². The van der Waals surface area contributed by atoms with Crippen LogP contribution in [0.5, 0.6) is 5.75 Å². The van der Waals surface area contributed by atoms with Gasteiger partial charge in [-0.25, -0.2) is 0 Å². The van der Waals surface area contributed by atoms with Crippen molar-refractivity contribution in [1.29, 1.82) is 0 Å². The van der Waals surface area contributed by atoms with E-state index < -0.39 is 0 Å². The Balaban J connectivity index is 2.31. The summed E-state index contributed by atoms with van der Waals surface area (Å²) in [5, 5.41) is 3.63. The van der Waals surface area contributed by atoms with Crippen molar-refractivity contribution in [1.82, 2.24) is 0 Å². The van der Waals surface area contributed by atoms with Gasteiger partial charge in [0.2, 0.25) is 0 Å². The van der Waals surface area contributed by atoms with Crippen LogP contribution in [-0.4, -0.2) is 13.2 Å². The molecular weight excluding hydrogens is 198 g/mol. The second-order valence-electron chi connectivity index (χ2n) is 5.60. The Morgan fingerprint density at radius 1 is 1.31 bits per heavy atom. The highest BCUT2D eigenvalue weighted by molar-refractivity contribution is 5.64. The van der Waals surface area contributed by atoms with E-state index in [1.807, 2.05) is 6.07 Å². The van der Waals surface area contributed by atoms with Crippen LogP contribution >= 0.6 is 0 Å². The molecule has 0 aliphatic carbocycles. The molecule has 0 aromatic heterocycles. The molecule has 1 aromatic carbocycles. The van der Waals surface area contributed by atoms with Crippen molar-refractivity contribution in [3.63, 3.8) is 0 Å². The molecule has 1 unspecified atom stereocenters. The molecule has 0 bridgehead atoms. The van der Waals surface area contributed by atoms with Gasteiger partial charge < -0.3 is 10.1 Å². The number of methoxy groups -OCH3 is 1. The van der Waals surface area contributed by atoms with Crippen molar-refractivity contribution < 1.29 is 4.74 Å². The third kappa shape index (κ3) is 2.01. The molecule has 2 rings (SSSR count). The van der Waals surface area contributed by atoms with Crippen molar-refractivity contribution in [3.05, 3.63) is 23.8 Å². The van der Waals surface area contributed by atoms with Gasteiger partial charge >= 0.3 is 0 Å². The monoisotopic (exact) mass is 219 g/mol. The van der Waals surface area contributed by atoms with Gasteiger partial charge in [-0.3, -0.25) is 0 Å². The lowest BCUT2D eigenvalue weighted by Crippen LogP contribution is -2.37. The van der Waals surface area contributed by atoms with Gasteiger partial charge in [0.1, 0.15) is 5.75 Å². The van der Waals surface area contributed by atoms with Crippen LogP contribution in [0, 0.1) is 5.41 Å². The number of benzene rings is 1. The topological polar surface area (TPSA) is 21.3 Å². The highest BCUT2D eigenvalue weighted by Gasteiger charge is 2.29. The van der Waals surface area contributed by atoms with Gasteiger partial charge in [0.15, 0.2) is 0 Å². The van der Waals surface area contributed by atoms with Crippen LogP contribution in [0.3, 0.4) is 0 Å². The zero-order valence-corrected chi connectivity index (χ0v) is 10.6. The second-order valence-corrected chi connectivity index (χ2v) is 5.60. The Morgan fingerprint density at radius 3 is 2.69 bits per heavy atom. The van der Waals surface area contributed by atoms with Crippen LogP contribution in [0.2, 0.25) is 0 Å². The van der Waals surface area contributed by atoms with Crippen LogP contribution in [0.1, 0.15) is 32.8 Å². The van der Waals surface area contributed by atoms with E-state index in [1.165, 1.54) is 17.7 Å². The smallest absolute Gasteiger partial charge is 0.142 e. The Bertz CT molecular complexity index is 365. The summed E-state index contributed by atoms with van der Waals surface area (Å²) in [4.78, 5) is 0. The first-order valence-electron chi connectivity index (χ1n) is 5.95. The largest absolute Gasteiger partial charge is 0.495 e. The molecule has 1 N–H and O–H groups in total. The molecule has 0 saturated carbocycles. The Labute approximate surface area is 98.0 Å². The molecule has 0 fully saturated rings. The number of hydrogen-bond donors (Lipinski definition) is 1. The number of hydrogen-bond acceptors (Lipinski definition) is 2. The Kier molecular flexibility index (Phi) is 2.83. The first-order valence-corrected chi connectivity index (χ1v) is 5.95. The van der Waals surface area contributed by atoms with Crippen LogP contribution in [0.25, 0.3) is 0 Å². The highest BCUT2D eigenvalue weighted by atomic mass is 16.5. The zero-order valence-electron chi connectivity index (χ0n) is 10.6. The average molecular weight is 219 g/mol. The molecule has 1 aliphatic heterocycles. The third-order valence-electron chi connectivity index (χ3n) is 3.40. The first kappa shape index (κ1) is 11.3. The van der Waals surface area contributed by atoms with Crippen LogP contribution < -0.4 is 10.1 Å². The molecule has 1 aromatic rings. The molecule has 0 saturated heterocycles. The van der Waals surface area contributed by atoms with Gasteiger partial charge in [-0.05, 0) is 29.9 Å². The number of anilines is 1. The fraction of sp³-hybridized carbons (Fsp3) is 0.571. The minimum absolute atomic E-state index is 0.290. The summed E-state index contributed by atoms with van der Waals surface area (Å²) in [5.41, 5.74) is 2.86. The summed E-state index contributed by atoms with van der Waals surface area (Å²) in [7, 11) is 1.73. The molecule has 1 atom stereocenters. The minimum atomic E-state index is 0.290. The molecule has 16 heavy (non-hydrogen) atoms. The SMILES string of the molecule is COc1cccc2c1NC(C(C)(C)C)CC2. The zero-order chi connectivity index (χ0) is 11.8. The molecular formula is C14H21NO. The highest BCUT2D eigenvalue weighted by Crippen LogP contribution is 2.38. The van der Waals surface area contributed by atoms with Crippen LogP contribution in [0.15, 0.2) is 18.2 Å². The number of aryl methyl sites for hydroxylation is 1. The maximum Gasteiger partial charge on any atom is 0.142 e. The van der Waals surface area contributed by atoms with Crippen LogP contribution in [-0.2, 0) is 6.42 Å². The van der Waals surface area contributed by atoms with Gasteiger partial charge in [0.05, 0.1) is 12.8 Å². The summed E-state index contributed by atoms with van der Waals surface area (Å²) in [6.07, 6.45) is 2.34. The van der Waals surface area contributed by atoms with Gasteiger partial charge in [0, 0.05) is 6.04 Å². The van der Waals surface area contributed by atoms with E-state index >= 15 is 0 Å². The van der Waals surface area contributed by atoms with E-state index in [0.29, 0.717) is 11.5 Å². The first-order chi connectivity index (χ1) is 7.52. The number of ether oxygens (including phenoxy) is 1. The van der Waals surface area contributed by atoms with E-state index in [0.717, 1.165) is 12.2 Å². The molecule has 0 amide bonds. The number of fused-ring (bicyclic) bond motifs is 1.